The van der Waals surface area contributed by atoms with E-state index in [0.29, 0.717) is 30.4 Å². The van der Waals surface area contributed by atoms with Crippen LogP contribution in [0.4, 0.5) is 5.95 Å². The van der Waals surface area contributed by atoms with E-state index in [9.17, 15) is 9.59 Å². The molecule has 0 atom stereocenters. The van der Waals surface area contributed by atoms with Gasteiger partial charge in [-0.2, -0.15) is 0 Å². The molecule has 2 aromatic rings. The Kier molecular flexibility index (Phi) is 5.24. The minimum Gasteiger partial charge on any atom is -0.462 e. The summed E-state index contributed by atoms with van der Waals surface area (Å²) in [6, 6.07) is 3.26. The Bertz CT molecular complexity index is 692. The fraction of sp³-hybridized carbons (Fsp3) is 0.333. The number of nitrogens with one attached hydrogen (secondary N) is 2. The van der Waals surface area contributed by atoms with Crippen LogP contribution in [0.25, 0.3) is 0 Å². The van der Waals surface area contributed by atoms with Gasteiger partial charge in [-0.25, -0.2) is 14.8 Å². The number of aryl methyl sites for hydroxylation is 1. The van der Waals surface area contributed by atoms with Crippen LogP contribution < -0.4 is 10.9 Å². The monoisotopic (exact) mass is 302 g/mol. The number of aromatic amines is 1. The van der Waals surface area contributed by atoms with E-state index in [2.05, 4.69) is 20.3 Å². The molecular weight excluding hydrogens is 284 g/mol. The van der Waals surface area contributed by atoms with E-state index in [1.165, 1.54) is 12.3 Å². The van der Waals surface area contributed by atoms with Crippen LogP contribution in [-0.4, -0.2) is 34.1 Å². The van der Waals surface area contributed by atoms with Crippen LogP contribution in [-0.2, 0) is 11.2 Å². The fourth-order valence-electron chi connectivity index (χ4n) is 1.88. The molecule has 0 radical (unpaired) electrons. The van der Waals surface area contributed by atoms with Gasteiger partial charge in [0.25, 0.3) is 0 Å². The Labute approximate surface area is 127 Å². The quantitative estimate of drug-likeness (QED) is 0.781. The highest BCUT2D eigenvalue weighted by atomic mass is 16.5. The molecule has 0 aliphatic heterocycles. The zero-order valence-electron chi connectivity index (χ0n) is 12.5. The number of esters is 1. The van der Waals surface area contributed by atoms with Crippen LogP contribution in [0.2, 0.25) is 0 Å². The summed E-state index contributed by atoms with van der Waals surface area (Å²) in [5.74, 6) is 0.0368. The van der Waals surface area contributed by atoms with Crippen molar-refractivity contribution in [3.8, 4) is 0 Å². The van der Waals surface area contributed by atoms with Gasteiger partial charge in [-0.05, 0) is 25.8 Å². The molecule has 2 heterocycles. The highest BCUT2D eigenvalue weighted by molar-refractivity contribution is 5.90. The number of H-pyrrole nitrogens is 1. The molecule has 2 N–H and O–H groups in total. The van der Waals surface area contributed by atoms with Gasteiger partial charge in [0.1, 0.15) is 0 Å². The Hall–Kier alpha value is -2.70. The van der Waals surface area contributed by atoms with Crippen LogP contribution >= 0.6 is 0 Å². The topological polar surface area (TPSA) is 97.0 Å². The summed E-state index contributed by atoms with van der Waals surface area (Å²) in [5, 5.41) is 3.08. The molecule has 0 aromatic carbocycles. The Morgan fingerprint density at radius 3 is 2.86 bits per heavy atom. The summed E-state index contributed by atoms with van der Waals surface area (Å²) in [6.07, 6.45) is 3.86. The Balaban J connectivity index is 1.93. The summed E-state index contributed by atoms with van der Waals surface area (Å²) in [5.41, 5.74) is 1.82. The summed E-state index contributed by atoms with van der Waals surface area (Å²) < 4.78 is 4.93. The molecule has 0 saturated carbocycles. The van der Waals surface area contributed by atoms with Gasteiger partial charge in [-0.15, -0.1) is 0 Å². The zero-order chi connectivity index (χ0) is 15.9. The molecule has 0 fully saturated rings. The van der Waals surface area contributed by atoms with Gasteiger partial charge >= 0.3 is 5.97 Å². The van der Waals surface area contributed by atoms with Crippen LogP contribution in [0.3, 0.4) is 0 Å². The van der Waals surface area contributed by atoms with E-state index in [4.69, 9.17) is 4.74 Å². The van der Waals surface area contributed by atoms with Gasteiger partial charge in [0, 0.05) is 25.0 Å². The lowest BCUT2D eigenvalue weighted by molar-refractivity contribution is 0.0524. The lowest BCUT2D eigenvalue weighted by Gasteiger charge is -2.08. The third-order valence-electron chi connectivity index (χ3n) is 3.02. The molecular formula is C15H18N4O3. The molecule has 22 heavy (non-hydrogen) atoms. The van der Waals surface area contributed by atoms with E-state index >= 15 is 0 Å². The highest BCUT2D eigenvalue weighted by Gasteiger charge is 2.12. The standard InChI is InChI=1S/C15H18N4O3/c1-3-22-14(21)12-9-18-15(19-10(12)2)16-7-6-11-4-5-13(20)17-8-11/h4-5,8-9H,3,6-7H2,1-2H3,(H,17,20)(H,16,18,19). The van der Waals surface area contributed by atoms with Crippen LogP contribution in [0, 0.1) is 6.92 Å². The van der Waals surface area contributed by atoms with Crippen molar-refractivity contribution in [2.24, 2.45) is 0 Å². The van der Waals surface area contributed by atoms with E-state index in [1.807, 2.05) is 0 Å². The molecule has 0 spiro atoms. The number of ether oxygens (including phenoxy) is 1. The number of anilines is 1. The first-order chi connectivity index (χ1) is 10.6. The van der Waals surface area contributed by atoms with Crippen LogP contribution in [0.15, 0.2) is 29.3 Å². The lowest BCUT2D eigenvalue weighted by atomic mass is 10.2. The lowest BCUT2D eigenvalue weighted by Crippen LogP contribution is -2.13. The molecule has 0 saturated heterocycles. The molecule has 2 aromatic heterocycles. The number of aromatic nitrogens is 3. The molecule has 0 aliphatic carbocycles. The third-order valence-corrected chi connectivity index (χ3v) is 3.02. The minimum atomic E-state index is -0.417. The number of carbonyl (C=O) groups is 1. The second kappa shape index (κ2) is 7.35. The van der Waals surface area contributed by atoms with Crippen molar-refractivity contribution >= 4 is 11.9 Å². The van der Waals surface area contributed by atoms with Crippen molar-refractivity contribution in [3.63, 3.8) is 0 Å². The highest BCUT2D eigenvalue weighted by Crippen LogP contribution is 2.09. The predicted octanol–water partition coefficient (Wildman–Crippen LogP) is 1.30. The molecule has 0 amide bonds. The number of carbonyl (C=O) groups excluding carboxylic acids is 1. The number of rotatable bonds is 6. The smallest absolute Gasteiger partial charge is 0.341 e. The number of hydrogen-bond donors (Lipinski definition) is 2. The van der Waals surface area contributed by atoms with Crippen molar-refractivity contribution in [3.05, 3.63) is 51.7 Å². The predicted molar refractivity (Wildman–Crippen MR) is 82.0 cm³/mol. The molecule has 0 unspecified atom stereocenters. The maximum absolute atomic E-state index is 11.7. The normalized spacial score (nSPS) is 10.3. The zero-order valence-corrected chi connectivity index (χ0v) is 12.5. The maximum Gasteiger partial charge on any atom is 0.341 e. The summed E-state index contributed by atoms with van der Waals surface area (Å²) in [4.78, 5) is 33.6. The summed E-state index contributed by atoms with van der Waals surface area (Å²) in [6.45, 7) is 4.42. The molecule has 2 rings (SSSR count). The van der Waals surface area contributed by atoms with Crippen LogP contribution in [0.5, 0.6) is 0 Å². The largest absolute Gasteiger partial charge is 0.462 e. The molecule has 116 valence electrons. The Morgan fingerprint density at radius 1 is 1.41 bits per heavy atom. The molecule has 0 aliphatic rings. The molecule has 7 nitrogen and oxygen atoms in total. The summed E-state index contributed by atoms with van der Waals surface area (Å²) in [7, 11) is 0. The molecule has 7 heteroatoms. The first-order valence-corrected chi connectivity index (χ1v) is 7.02. The van der Waals surface area contributed by atoms with Crippen molar-refractivity contribution in [1.82, 2.24) is 15.0 Å². The van der Waals surface area contributed by atoms with Gasteiger partial charge in [0.15, 0.2) is 0 Å². The average Bonchev–Trinajstić information content (AvgIpc) is 2.49. The van der Waals surface area contributed by atoms with Crippen molar-refractivity contribution in [1.29, 1.82) is 0 Å². The van der Waals surface area contributed by atoms with Crippen molar-refractivity contribution in [2.75, 3.05) is 18.5 Å². The van der Waals surface area contributed by atoms with Gasteiger partial charge in [-0.3, -0.25) is 4.79 Å². The van der Waals surface area contributed by atoms with Gasteiger partial charge in [0.2, 0.25) is 11.5 Å². The van der Waals surface area contributed by atoms with E-state index < -0.39 is 5.97 Å². The van der Waals surface area contributed by atoms with E-state index in [0.717, 1.165) is 12.0 Å². The van der Waals surface area contributed by atoms with Crippen LogP contribution in [0.1, 0.15) is 28.5 Å². The number of nitrogens with zero attached hydrogens (tertiary/aromatic N) is 2. The van der Waals surface area contributed by atoms with Crippen molar-refractivity contribution < 1.29 is 9.53 Å². The Morgan fingerprint density at radius 2 is 2.23 bits per heavy atom. The molecule has 0 bridgehead atoms. The van der Waals surface area contributed by atoms with E-state index in [1.54, 1.807) is 26.1 Å². The number of pyridine rings is 1. The fourth-order valence-corrected chi connectivity index (χ4v) is 1.88. The van der Waals surface area contributed by atoms with Gasteiger partial charge < -0.3 is 15.0 Å². The first-order valence-electron chi connectivity index (χ1n) is 7.02. The second-order valence-electron chi connectivity index (χ2n) is 4.65. The number of hydrogen-bond acceptors (Lipinski definition) is 6. The second-order valence-corrected chi connectivity index (χ2v) is 4.65. The maximum atomic E-state index is 11.7. The first kappa shape index (κ1) is 15.7. The SMILES string of the molecule is CCOC(=O)c1cnc(NCCc2ccc(=O)[nH]c2)nc1C. The van der Waals surface area contributed by atoms with Crippen molar-refractivity contribution in [2.45, 2.75) is 20.3 Å². The van der Waals surface area contributed by atoms with Gasteiger partial charge in [0.05, 0.1) is 17.9 Å². The van der Waals surface area contributed by atoms with Gasteiger partial charge in [-0.1, -0.05) is 6.07 Å². The minimum absolute atomic E-state index is 0.120. The summed E-state index contributed by atoms with van der Waals surface area (Å²) >= 11 is 0. The average molecular weight is 302 g/mol. The van der Waals surface area contributed by atoms with E-state index in [-0.39, 0.29) is 5.56 Å². The third kappa shape index (κ3) is 4.15.